The Balaban J connectivity index is 1.83. The Morgan fingerprint density at radius 2 is 1.57 bits per heavy atom. The van der Waals surface area contributed by atoms with Crippen molar-refractivity contribution >= 4 is 11.4 Å². The van der Waals surface area contributed by atoms with E-state index in [-0.39, 0.29) is 0 Å². The Hall–Kier alpha value is -2.82. The van der Waals surface area contributed by atoms with Crippen LogP contribution >= 0.6 is 0 Å². The zero-order valence-corrected chi connectivity index (χ0v) is 16.6. The molecular weight excluding hydrogens is 348 g/mol. The van der Waals surface area contributed by atoms with Crippen LogP contribution in [0.25, 0.3) is 0 Å². The Kier molecular flexibility index (Phi) is 4.84. The van der Waals surface area contributed by atoms with Crippen LogP contribution in [0.3, 0.4) is 0 Å². The summed E-state index contributed by atoms with van der Waals surface area (Å²) >= 11 is 0. The van der Waals surface area contributed by atoms with Gasteiger partial charge in [-0.3, -0.25) is 0 Å². The predicted octanol–water partition coefficient (Wildman–Crippen LogP) is 3.99. The molecule has 4 heteroatoms. The minimum Gasteiger partial charge on any atom is -0.492 e. The van der Waals surface area contributed by atoms with Gasteiger partial charge in [-0.2, -0.15) is 0 Å². The van der Waals surface area contributed by atoms with Gasteiger partial charge in [0.1, 0.15) is 18.0 Å². The maximum absolute atomic E-state index is 12.0. The summed E-state index contributed by atoms with van der Waals surface area (Å²) in [5.74, 6) is 0.808. The molecular formula is C24H26N2O2. The van der Waals surface area contributed by atoms with Gasteiger partial charge in [0, 0.05) is 36.5 Å². The van der Waals surface area contributed by atoms with Crippen molar-refractivity contribution in [2.75, 3.05) is 39.2 Å². The van der Waals surface area contributed by atoms with Crippen LogP contribution in [0.2, 0.25) is 0 Å². The maximum atomic E-state index is 12.0. The normalized spacial score (nSPS) is 18.0. The van der Waals surface area contributed by atoms with E-state index >= 15 is 0 Å². The Morgan fingerprint density at radius 1 is 0.893 bits per heavy atom. The molecule has 1 unspecified atom stereocenters. The summed E-state index contributed by atoms with van der Waals surface area (Å²) in [6.45, 7) is 1.47. The van der Waals surface area contributed by atoms with E-state index in [0.29, 0.717) is 6.61 Å². The lowest BCUT2D eigenvalue weighted by molar-refractivity contribution is 0.125. The molecule has 0 aromatic heterocycles. The third-order valence-corrected chi connectivity index (χ3v) is 5.37. The molecule has 0 radical (unpaired) electrons. The van der Waals surface area contributed by atoms with Crippen LogP contribution in [-0.2, 0) is 5.60 Å². The highest BCUT2D eigenvalue weighted by molar-refractivity contribution is 5.79. The van der Waals surface area contributed by atoms with E-state index in [2.05, 4.69) is 9.80 Å². The third kappa shape index (κ3) is 3.05. The monoisotopic (exact) mass is 374 g/mol. The molecule has 1 N–H and O–H groups in total. The van der Waals surface area contributed by atoms with Gasteiger partial charge in [0.25, 0.3) is 0 Å². The number of para-hydroxylation sites is 1. The molecule has 0 aliphatic carbocycles. The summed E-state index contributed by atoms with van der Waals surface area (Å²) in [4.78, 5) is 4.22. The Labute approximate surface area is 166 Å². The first-order valence-electron chi connectivity index (χ1n) is 9.55. The van der Waals surface area contributed by atoms with E-state index in [0.717, 1.165) is 40.4 Å². The van der Waals surface area contributed by atoms with E-state index in [1.54, 1.807) is 0 Å². The van der Waals surface area contributed by atoms with Crippen molar-refractivity contribution in [3.8, 4) is 5.75 Å². The molecule has 4 rings (SSSR count). The average molecular weight is 374 g/mol. The standard InChI is InChI=1S/C24H26N2O2/c1-25(2)15-16-28-19-13-14-21-23(17-19)26(3)22-12-8-7-11-20(22)24(21,27)18-9-5-4-6-10-18/h4-14,17,27H,15-16H2,1-3H3. The largest absolute Gasteiger partial charge is 0.492 e. The SMILES string of the molecule is CN(C)CCOc1ccc2c(c1)N(C)c1ccccc1C2(O)c1ccccc1. The van der Waals surface area contributed by atoms with Gasteiger partial charge in [-0.25, -0.2) is 0 Å². The molecule has 1 aliphatic heterocycles. The minimum absolute atomic E-state index is 0.620. The molecule has 0 bridgehead atoms. The van der Waals surface area contributed by atoms with Gasteiger partial charge in [-0.05, 0) is 37.9 Å². The van der Waals surface area contributed by atoms with Crippen LogP contribution in [0.5, 0.6) is 5.75 Å². The fourth-order valence-corrected chi connectivity index (χ4v) is 3.87. The summed E-state index contributed by atoms with van der Waals surface area (Å²) in [5.41, 5.74) is 3.34. The fourth-order valence-electron chi connectivity index (χ4n) is 3.87. The number of fused-ring (bicyclic) bond motifs is 2. The molecule has 0 saturated heterocycles. The van der Waals surface area contributed by atoms with E-state index in [1.165, 1.54) is 0 Å². The minimum atomic E-state index is -1.21. The zero-order valence-electron chi connectivity index (χ0n) is 16.6. The summed E-state index contributed by atoms with van der Waals surface area (Å²) in [5, 5.41) is 12.0. The van der Waals surface area contributed by atoms with E-state index < -0.39 is 5.60 Å². The lowest BCUT2D eigenvalue weighted by Gasteiger charge is -2.41. The zero-order chi connectivity index (χ0) is 19.7. The van der Waals surface area contributed by atoms with Crippen LogP contribution in [-0.4, -0.2) is 44.3 Å². The van der Waals surface area contributed by atoms with Crippen molar-refractivity contribution in [3.63, 3.8) is 0 Å². The first-order valence-corrected chi connectivity index (χ1v) is 9.55. The molecule has 0 spiro atoms. The summed E-state index contributed by atoms with van der Waals surface area (Å²) in [7, 11) is 6.09. The van der Waals surface area contributed by atoms with Gasteiger partial charge in [0.2, 0.25) is 0 Å². The summed E-state index contributed by atoms with van der Waals surface area (Å²) < 4.78 is 5.94. The molecule has 0 amide bonds. The molecule has 28 heavy (non-hydrogen) atoms. The lowest BCUT2D eigenvalue weighted by atomic mass is 9.76. The number of anilines is 2. The van der Waals surface area contributed by atoms with Gasteiger partial charge < -0.3 is 19.6 Å². The van der Waals surface area contributed by atoms with Crippen LogP contribution in [0.1, 0.15) is 16.7 Å². The second-order valence-corrected chi connectivity index (χ2v) is 7.48. The van der Waals surface area contributed by atoms with Gasteiger partial charge in [-0.15, -0.1) is 0 Å². The second-order valence-electron chi connectivity index (χ2n) is 7.48. The van der Waals surface area contributed by atoms with Crippen LogP contribution < -0.4 is 9.64 Å². The molecule has 144 valence electrons. The van der Waals surface area contributed by atoms with Crippen molar-refractivity contribution in [2.45, 2.75) is 5.60 Å². The average Bonchev–Trinajstić information content (AvgIpc) is 2.72. The van der Waals surface area contributed by atoms with Gasteiger partial charge in [-0.1, -0.05) is 48.5 Å². The molecule has 1 aliphatic rings. The quantitative estimate of drug-likeness (QED) is 0.732. The molecule has 3 aromatic rings. The number of likely N-dealkylation sites (N-methyl/N-ethyl adjacent to an activating group) is 1. The van der Waals surface area contributed by atoms with Crippen molar-refractivity contribution in [1.82, 2.24) is 4.90 Å². The molecule has 0 saturated carbocycles. The maximum Gasteiger partial charge on any atom is 0.144 e. The smallest absolute Gasteiger partial charge is 0.144 e. The highest BCUT2D eigenvalue weighted by Crippen LogP contribution is 2.50. The Morgan fingerprint density at radius 3 is 2.32 bits per heavy atom. The van der Waals surface area contributed by atoms with Crippen molar-refractivity contribution in [1.29, 1.82) is 0 Å². The number of nitrogens with zero attached hydrogens (tertiary/aromatic N) is 2. The van der Waals surface area contributed by atoms with E-state index in [1.807, 2.05) is 93.9 Å². The fraction of sp³-hybridized carbons (Fsp3) is 0.250. The van der Waals surface area contributed by atoms with Gasteiger partial charge in [0.15, 0.2) is 0 Å². The highest BCUT2D eigenvalue weighted by Gasteiger charge is 2.42. The van der Waals surface area contributed by atoms with E-state index in [4.69, 9.17) is 4.74 Å². The molecule has 3 aromatic carbocycles. The van der Waals surface area contributed by atoms with E-state index in [9.17, 15) is 5.11 Å². The second kappa shape index (κ2) is 7.30. The topological polar surface area (TPSA) is 35.9 Å². The first kappa shape index (κ1) is 18.5. The highest BCUT2D eigenvalue weighted by atomic mass is 16.5. The van der Waals surface area contributed by atoms with Crippen molar-refractivity contribution in [2.24, 2.45) is 0 Å². The van der Waals surface area contributed by atoms with Crippen LogP contribution in [0.4, 0.5) is 11.4 Å². The molecule has 4 nitrogen and oxygen atoms in total. The number of benzene rings is 3. The summed E-state index contributed by atoms with van der Waals surface area (Å²) in [6.07, 6.45) is 0. The Bertz CT molecular complexity index is 971. The number of aliphatic hydroxyl groups is 1. The molecule has 1 atom stereocenters. The van der Waals surface area contributed by atoms with Crippen molar-refractivity contribution in [3.05, 3.63) is 89.5 Å². The van der Waals surface area contributed by atoms with Crippen LogP contribution in [0, 0.1) is 0 Å². The molecule has 1 heterocycles. The number of hydrogen-bond donors (Lipinski definition) is 1. The van der Waals surface area contributed by atoms with Crippen LogP contribution in [0.15, 0.2) is 72.8 Å². The summed E-state index contributed by atoms with van der Waals surface area (Å²) in [6, 6.07) is 23.8. The van der Waals surface area contributed by atoms with Gasteiger partial charge >= 0.3 is 0 Å². The van der Waals surface area contributed by atoms with Crippen molar-refractivity contribution < 1.29 is 9.84 Å². The third-order valence-electron chi connectivity index (χ3n) is 5.37. The number of rotatable bonds is 5. The van der Waals surface area contributed by atoms with Gasteiger partial charge in [0.05, 0.1) is 5.69 Å². The number of hydrogen-bond acceptors (Lipinski definition) is 4. The predicted molar refractivity (Wildman–Crippen MR) is 114 cm³/mol. The lowest BCUT2D eigenvalue weighted by Crippen LogP contribution is -2.36. The number of ether oxygens (including phenoxy) is 1. The molecule has 0 fully saturated rings. The first-order chi connectivity index (χ1) is 13.5.